The van der Waals surface area contributed by atoms with Crippen LogP contribution in [0.3, 0.4) is 0 Å². The number of hydrogen-bond acceptors (Lipinski definition) is 3. The van der Waals surface area contributed by atoms with E-state index in [1.165, 1.54) is 37.1 Å². The van der Waals surface area contributed by atoms with Gasteiger partial charge in [-0.15, -0.1) is 0 Å². The minimum absolute atomic E-state index is 0.918. The highest BCUT2D eigenvalue weighted by atomic mass is 31.1. The van der Waals surface area contributed by atoms with Gasteiger partial charge in [0, 0.05) is 37.6 Å². The van der Waals surface area contributed by atoms with Crippen molar-refractivity contribution in [1.82, 2.24) is 0 Å². The van der Waals surface area contributed by atoms with Crippen molar-refractivity contribution in [2.75, 3.05) is 36.0 Å². The quantitative estimate of drug-likeness (QED) is 0.794. The molecule has 0 aliphatic carbocycles. The standard InChI is InChI=1S/C20H24N2OP/c23-24(19-9-5-17(6-10-19)21-13-1-2-14-21)20-11-7-18(8-12-20)22-15-3-4-16-22/h5-12H,1-4,13-16H2/q+1. The minimum Gasteiger partial charge on any atom is -0.372 e. The maximum atomic E-state index is 12.8. The summed E-state index contributed by atoms with van der Waals surface area (Å²) in [6.07, 6.45) is 5.11. The smallest absolute Gasteiger partial charge is 0.372 e. The van der Waals surface area contributed by atoms with Crippen molar-refractivity contribution in [1.29, 1.82) is 0 Å². The first-order valence-corrected chi connectivity index (χ1v) is 10.2. The third kappa shape index (κ3) is 3.18. The molecule has 124 valence electrons. The topological polar surface area (TPSA) is 23.6 Å². The van der Waals surface area contributed by atoms with E-state index in [0.29, 0.717) is 0 Å². The fraction of sp³-hybridized carbons (Fsp3) is 0.400. The number of anilines is 2. The van der Waals surface area contributed by atoms with Crippen LogP contribution in [-0.4, -0.2) is 26.2 Å². The Morgan fingerprint density at radius 1 is 0.583 bits per heavy atom. The van der Waals surface area contributed by atoms with E-state index in [1.807, 2.05) is 24.3 Å². The molecule has 4 heteroatoms. The van der Waals surface area contributed by atoms with Gasteiger partial charge in [-0.3, -0.25) is 0 Å². The normalized spacial score (nSPS) is 17.5. The van der Waals surface area contributed by atoms with Crippen molar-refractivity contribution in [2.24, 2.45) is 0 Å². The molecule has 0 saturated carbocycles. The van der Waals surface area contributed by atoms with Gasteiger partial charge < -0.3 is 9.80 Å². The molecule has 2 aromatic carbocycles. The van der Waals surface area contributed by atoms with E-state index >= 15 is 0 Å². The van der Waals surface area contributed by atoms with Gasteiger partial charge in [-0.25, -0.2) is 0 Å². The van der Waals surface area contributed by atoms with Gasteiger partial charge in [0.25, 0.3) is 0 Å². The zero-order chi connectivity index (χ0) is 16.4. The van der Waals surface area contributed by atoms with E-state index in [9.17, 15) is 4.57 Å². The second-order valence-corrected chi connectivity index (χ2v) is 8.34. The molecule has 0 atom stereocenters. The zero-order valence-corrected chi connectivity index (χ0v) is 14.9. The molecule has 0 N–H and O–H groups in total. The number of rotatable bonds is 4. The van der Waals surface area contributed by atoms with Gasteiger partial charge in [0.1, 0.15) is 0 Å². The van der Waals surface area contributed by atoms with E-state index < -0.39 is 7.80 Å². The Balaban J connectivity index is 1.48. The van der Waals surface area contributed by atoms with E-state index in [4.69, 9.17) is 0 Å². The van der Waals surface area contributed by atoms with Crippen molar-refractivity contribution in [3.05, 3.63) is 48.5 Å². The SMILES string of the molecule is O=[P+](c1ccc(N2CCCC2)cc1)c1ccc(N2CCCC2)cc1. The Labute approximate surface area is 145 Å². The first kappa shape index (κ1) is 15.7. The Hall–Kier alpha value is -1.86. The first-order valence-electron chi connectivity index (χ1n) is 8.98. The highest BCUT2D eigenvalue weighted by Crippen LogP contribution is 2.26. The maximum Gasteiger partial charge on any atom is 0.415 e. The van der Waals surface area contributed by atoms with E-state index in [-0.39, 0.29) is 0 Å². The van der Waals surface area contributed by atoms with Crippen LogP contribution in [-0.2, 0) is 4.57 Å². The molecule has 0 unspecified atom stereocenters. The summed E-state index contributed by atoms with van der Waals surface area (Å²) in [7, 11) is -1.51. The van der Waals surface area contributed by atoms with Crippen molar-refractivity contribution >= 4 is 29.8 Å². The zero-order valence-electron chi connectivity index (χ0n) is 14.0. The average Bonchev–Trinajstić information content (AvgIpc) is 3.35. The van der Waals surface area contributed by atoms with Gasteiger partial charge in [-0.05, 0) is 74.2 Å². The van der Waals surface area contributed by atoms with Gasteiger partial charge in [-0.1, -0.05) is 4.57 Å². The number of benzene rings is 2. The predicted octanol–water partition coefficient (Wildman–Crippen LogP) is 3.67. The van der Waals surface area contributed by atoms with Gasteiger partial charge >= 0.3 is 7.80 Å². The molecule has 2 heterocycles. The van der Waals surface area contributed by atoms with Gasteiger partial charge in [0.05, 0.1) is 0 Å². The van der Waals surface area contributed by atoms with Crippen LogP contribution in [0.5, 0.6) is 0 Å². The largest absolute Gasteiger partial charge is 0.415 e. The van der Waals surface area contributed by atoms with Crippen molar-refractivity contribution in [3.63, 3.8) is 0 Å². The molecule has 2 aromatic rings. The summed E-state index contributed by atoms with van der Waals surface area (Å²) in [5, 5.41) is 1.84. The van der Waals surface area contributed by atoms with Crippen LogP contribution in [0.2, 0.25) is 0 Å². The van der Waals surface area contributed by atoms with Gasteiger partial charge in [0.2, 0.25) is 0 Å². The fourth-order valence-corrected chi connectivity index (χ4v) is 4.84. The number of nitrogens with zero attached hydrogens (tertiary/aromatic N) is 2. The number of hydrogen-bond donors (Lipinski definition) is 0. The molecule has 0 spiro atoms. The van der Waals surface area contributed by atoms with E-state index in [1.54, 1.807) is 0 Å². The minimum atomic E-state index is -1.51. The average molecular weight is 339 g/mol. The van der Waals surface area contributed by atoms with Crippen molar-refractivity contribution in [3.8, 4) is 0 Å². The molecule has 2 fully saturated rings. The van der Waals surface area contributed by atoms with Crippen LogP contribution in [0.4, 0.5) is 11.4 Å². The van der Waals surface area contributed by atoms with Crippen LogP contribution < -0.4 is 20.4 Å². The maximum absolute atomic E-state index is 12.8. The van der Waals surface area contributed by atoms with Crippen molar-refractivity contribution in [2.45, 2.75) is 25.7 Å². The highest BCUT2D eigenvalue weighted by molar-refractivity contribution is 7.61. The lowest BCUT2D eigenvalue weighted by Crippen LogP contribution is -2.18. The molecule has 24 heavy (non-hydrogen) atoms. The molecule has 0 aromatic heterocycles. The van der Waals surface area contributed by atoms with Crippen LogP contribution in [0.15, 0.2) is 48.5 Å². The molecular formula is C20H24N2OP+. The third-order valence-corrected chi connectivity index (χ3v) is 6.65. The molecular weight excluding hydrogens is 315 g/mol. The molecule has 0 amide bonds. The van der Waals surface area contributed by atoms with Gasteiger partial charge in [0.15, 0.2) is 10.6 Å². The lowest BCUT2D eigenvalue weighted by atomic mass is 10.3. The predicted molar refractivity (Wildman–Crippen MR) is 103 cm³/mol. The first-order chi connectivity index (χ1) is 11.8. The molecule has 2 aliphatic heterocycles. The van der Waals surface area contributed by atoms with Crippen LogP contribution >= 0.6 is 7.80 Å². The van der Waals surface area contributed by atoms with Crippen LogP contribution in [0, 0.1) is 0 Å². The molecule has 2 aliphatic rings. The Morgan fingerprint density at radius 3 is 1.25 bits per heavy atom. The molecule has 4 rings (SSSR count). The lowest BCUT2D eigenvalue weighted by Gasteiger charge is -2.17. The fourth-order valence-electron chi connectivity index (χ4n) is 3.70. The summed E-state index contributed by atoms with van der Waals surface area (Å²) in [4.78, 5) is 4.81. The van der Waals surface area contributed by atoms with Crippen molar-refractivity contribution < 1.29 is 4.57 Å². The van der Waals surface area contributed by atoms with E-state index in [2.05, 4.69) is 34.1 Å². The van der Waals surface area contributed by atoms with Crippen LogP contribution in [0.1, 0.15) is 25.7 Å². The summed E-state index contributed by atoms with van der Waals surface area (Å²) in [6.45, 7) is 4.57. The second-order valence-electron chi connectivity index (χ2n) is 6.72. The van der Waals surface area contributed by atoms with Crippen LogP contribution in [0.25, 0.3) is 0 Å². The summed E-state index contributed by atoms with van der Waals surface area (Å²) in [5.74, 6) is 0. The Morgan fingerprint density at radius 2 is 0.917 bits per heavy atom. The highest BCUT2D eigenvalue weighted by Gasteiger charge is 2.24. The Bertz CT molecular complexity index is 638. The Kier molecular flexibility index (Phi) is 4.53. The lowest BCUT2D eigenvalue weighted by molar-refractivity contribution is 0.598. The summed E-state index contributed by atoms with van der Waals surface area (Å²) in [6, 6.07) is 16.6. The second kappa shape index (κ2) is 6.94. The third-order valence-electron chi connectivity index (χ3n) is 5.11. The molecule has 0 bridgehead atoms. The monoisotopic (exact) mass is 339 g/mol. The summed E-state index contributed by atoms with van der Waals surface area (Å²) >= 11 is 0. The summed E-state index contributed by atoms with van der Waals surface area (Å²) in [5.41, 5.74) is 2.51. The molecule has 0 radical (unpaired) electrons. The molecule has 2 saturated heterocycles. The molecule has 3 nitrogen and oxygen atoms in total. The van der Waals surface area contributed by atoms with Gasteiger partial charge in [-0.2, -0.15) is 0 Å². The summed E-state index contributed by atoms with van der Waals surface area (Å²) < 4.78 is 12.8. The van der Waals surface area contributed by atoms with E-state index in [0.717, 1.165) is 36.8 Å².